The number of rotatable bonds is 6. The zero-order chi connectivity index (χ0) is 10.9. The molecule has 1 rings (SSSR count). The minimum Gasteiger partial charge on any atom is -0.382 e. The van der Waals surface area contributed by atoms with E-state index in [-0.39, 0.29) is 13.0 Å². The molecule has 4 nitrogen and oxygen atoms in total. The van der Waals surface area contributed by atoms with E-state index in [1.54, 1.807) is 7.11 Å². The second-order valence-electron chi connectivity index (χ2n) is 2.93. The Bertz CT molecular complexity index is 284. The van der Waals surface area contributed by atoms with Gasteiger partial charge in [-0.2, -0.15) is 4.89 Å². The SMILES string of the molecule is COCCOOC(=O)Cc1ccccc1. The predicted molar refractivity (Wildman–Crippen MR) is 54.1 cm³/mol. The Hall–Kier alpha value is -1.39. The lowest BCUT2D eigenvalue weighted by molar-refractivity contribution is -0.275. The summed E-state index contributed by atoms with van der Waals surface area (Å²) in [5.41, 5.74) is 0.901. The summed E-state index contributed by atoms with van der Waals surface area (Å²) in [6, 6.07) is 9.35. The van der Waals surface area contributed by atoms with Crippen LogP contribution < -0.4 is 0 Å². The summed E-state index contributed by atoms with van der Waals surface area (Å²) >= 11 is 0. The monoisotopic (exact) mass is 210 g/mol. The molecule has 15 heavy (non-hydrogen) atoms. The first kappa shape index (κ1) is 11.7. The largest absolute Gasteiger partial charge is 0.382 e. The summed E-state index contributed by atoms with van der Waals surface area (Å²) in [5.74, 6) is -0.405. The molecule has 0 aromatic heterocycles. The van der Waals surface area contributed by atoms with Gasteiger partial charge in [-0.3, -0.25) is 4.89 Å². The fraction of sp³-hybridized carbons (Fsp3) is 0.364. The molecule has 0 bridgehead atoms. The van der Waals surface area contributed by atoms with Crippen molar-refractivity contribution >= 4 is 5.97 Å². The maximum absolute atomic E-state index is 11.2. The summed E-state index contributed by atoms with van der Waals surface area (Å²) in [5, 5.41) is 0. The van der Waals surface area contributed by atoms with E-state index in [1.807, 2.05) is 30.3 Å². The van der Waals surface area contributed by atoms with E-state index in [4.69, 9.17) is 4.74 Å². The van der Waals surface area contributed by atoms with Crippen LogP contribution in [0.25, 0.3) is 0 Å². The fourth-order valence-corrected chi connectivity index (χ4v) is 1.02. The smallest absolute Gasteiger partial charge is 0.346 e. The Kier molecular flexibility index (Phi) is 5.43. The van der Waals surface area contributed by atoms with Crippen molar-refractivity contribution < 1.29 is 19.3 Å². The third-order valence-corrected chi connectivity index (χ3v) is 1.71. The number of benzene rings is 1. The Morgan fingerprint density at radius 1 is 1.20 bits per heavy atom. The van der Waals surface area contributed by atoms with Gasteiger partial charge in [-0.1, -0.05) is 30.3 Å². The minimum atomic E-state index is -0.405. The summed E-state index contributed by atoms with van der Waals surface area (Å²) in [6.45, 7) is 0.648. The van der Waals surface area contributed by atoms with Crippen molar-refractivity contribution in [2.45, 2.75) is 6.42 Å². The van der Waals surface area contributed by atoms with E-state index in [1.165, 1.54) is 0 Å². The zero-order valence-electron chi connectivity index (χ0n) is 8.64. The standard InChI is InChI=1S/C11H14O4/c1-13-7-8-14-15-11(12)9-10-5-3-2-4-6-10/h2-6H,7-9H2,1H3. The number of ether oxygens (including phenoxy) is 1. The van der Waals surface area contributed by atoms with Gasteiger partial charge in [-0.15, -0.1) is 0 Å². The molecule has 0 spiro atoms. The highest BCUT2D eigenvalue weighted by Gasteiger charge is 2.04. The minimum absolute atomic E-state index is 0.216. The van der Waals surface area contributed by atoms with Crippen molar-refractivity contribution in [2.24, 2.45) is 0 Å². The summed E-state index contributed by atoms with van der Waals surface area (Å²) in [4.78, 5) is 20.4. The highest BCUT2D eigenvalue weighted by atomic mass is 17.2. The van der Waals surface area contributed by atoms with Crippen LogP contribution in [-0.4, -0.2) is 26.3 Å². The highest BCUT2D eigenvalue weighted by Crippen LogP contribution is 2.00. The molecular weight excluding hydrogens is 196 g/mol. The molecule has 0 aliphatic carbocycles. The van der Waals surface area contributed by atoms with Crippen molar-refractivity contribution in [3.8, 4) is 0 Å². The number of methoxy groups -OCH3 is 1. The Morgan fingerprint density at radius 2 is 1.93 bits per heavy atom. The van der Waals surface area contributed by atoms with Crippen LogP contribution >= 0.6 is 0 Å². The van der Waals surface area contributed by atoms with Crippen LogP contribution in [0.15, 0.2) is 30.3 Å². The van der Waals surface area contributed by atoms with Gasteiger partial charge < -0.3 is 4.74 Å². The molecule has 0 aliphatic heterocycles. The Labute approximate surface area is 88.7 Å². The first-order valence-corrected chi connectivity index (χ1v) is 4.68. The molecule has 0 fully saturated rings. The molecule has 0 atom stereocenters. The van der Waals surface area contributed by atoms with E-state index in [2.05, 4.69) is 9.78 Å². The zero-order valence-corrected chi connectivity index (χ0v) is 8.64. The lowest BCUT2D eigenvalue weighted by Crippen LogP contribution is -2.11. The second-order valence-corrected chi connectivity index (χ2v) is 2.93. The fourth-order valence-electron chi connectivity index (χ4n) is 1.02. The third-order valence-electron chi connectivity index (χ3n) is 1.71. The molecule has 0 heterocycles. The maximum Gasteiger partial charge on any atom is 0.346 e. The third kappa shape index (κ3) is 5.15. The summed E-state index contributed by atoms with van der Waals surface area (Å²) < 4.78 is 4.73. The predicted octanol–water partition coefficient (Wildman–Crippen LogP) is 1.35. The van der Waals surface area contributed by atoms with E-state index in [0.29, 0.717) is 6.61 Å². The maximum atomic E-state index is 11.2. The quantitative estimate of drug-likeness (QED) is 0.404. The molecular formula is C11H14O4. The topological polar surface area (TPSA) is 44.8 Å². The molecule has 0 radical (unpaired) electrons. The first-order valence-electron chi connectivity index (χ1n) is 4.68. The number of hydrogen-bond donors (Lipinski definition) is 0. The van der Waals surface area contributed by atoms with Gasteiger partial charge in [0.25, 0.3) is 0 Å². The summed E-state index contributed by atoms with van der Waals surface area (Å²) in [7, 11) is 1.55. The van der Waals surface area contributed by atoms with Crippen molar-refractivity contribution in [1.29, 1.82) is 0 Å². The average Bonchev–Trinajstić information content (AvgIpc) is 2.26. The van der Waals surface area contributed by atoms with Gasteiger partial charge in [0.2, 0.25) is 0 Å². The van der Waals surface area contributed by atoms with Gasteiger partial charge in [0.1, 0.15) is 6.61 Å². The van der Waals surface area contributed by atoms with Crippen LogP contribution in [0, 0.1) is 0 Å². The van der Waals surface area contributed by atoms with Gasteiger partial charge in [0, 0.05) is 7.11 Å². The molecule has 0 unspecified atom stereocenters. The molecule has 1 aromatic rings. The van der Waals surface area contributed by atoms with Crippen molar-refractivity contribution in [1.82, 2.24) is 0 Å². The van der Waals surface area contributed by atoms with E-state index >= 15 is 0 Å². The molecule has 0 amide bonds. The number of carbonyl (C=O) groups is 1. The lowest BCUT2D eigenvalue weighted by atomic mass is 10.2. The van der Waals surface area contributed by atoms with Crippen molar-refractivity contribution in [3.63, 3.8) is 0 Å². The van der Waals surface area contributed by atoms with Crippen molar-refractivity contribution in [3.05, 3.63) is 35.9 Å². The summed E-state index contributed by atoms with van der Waals surface area (Å²) in [6.07, 6.45) is 0.216. The van der Waals surface area contributed by atoms with Crippen molar-refractivity contribution in [2.75, 3.05) is 20.3 Å². The van der Waals surface area contributed by atoms with Gasteiger partial charge in [-0.25, -0.2) is 4.79 Å². The van der Waals surface area contributed by atoms with Crippen LogP contribution in [0.2, 0.25) is 0 Å². The molecule has 0 saturated carbocycles. The van der Waals surface area contributed by atoms with Gasteiger partial charge in [-0.05, 0) is 5.56 Å². The van der Waals surface area contributed by atoms with Gasteiger partial charge in [0.15, 0.2) is 0 Å². The Morgan fingerprint density at radius 3 is 2.60 bits per heavy atom. The molecule has 4 heteroatoms. The number of carbonyl (C=O) groups excluding carboxylic acids is 1. The van der Waals surface area contributed by atoms with Crippen LogP contribution in [0.1, 0.15) is 5.56 Å². The van der Waals surface area contributed by atoms with Crippen LogP contribution in [0.4, 0.5) is 0 Å². The second kappa shape index (κ2) is 6.98. The lowest BCUT2D eigenvalue weighted by Gasteiger charge is -2.02. The highest BCUT2D eigenvalue weighted by molar-refractivity contribution is 5.71. The van der Waals surface area contributed by atoms with Crippen LogP contribution in [0.3, 0.4) is 0 Å². The van der Waals surface area contributed by atoms with Gasteiger partial charge in [0.05, 0.1) is 13.0 Å². The van der Waals surface area contributed by atoms with Crippen LogP contribution in [-0.2, 0) is 25.7 Å². The number of hydrogen-bond acceptors (Lipinski definition) is 4. The normalized spacial score (nSPS) is 9.93. The molecule has 0 N–H and O–H groups in total. The molecule has 1 aromatic carbocycles. The van der Waals surface area contributed by atoms with Gasteiger partial charge >= 0.3 is 5.97 Å². The molecule has 0 aliphatic rings. The first-order chi connectivity index (χ1) is 7.33. The molecule has 0 saturated heterocycles. The van der Waals surface area contributed by atoms with Crippen LogP contribution in [0.5, 0.6) is 0 Å². The Balaban J connectivity index is 2.19. The molecule has 82 valence electrons. The van der Waals surface area contributed by atoms with E-state index in [0.717, 1.165) is 5.56 Å². The average molecular weight is 210 g/mol. The van der Waals surface area contributed by atoms with E-state index in [9.17, 15) is 4.79 Å². The van der Waals surface area contributed by atoms with E-state index < -0.39 is 5.97 Å².